The van der Waals surface area contributed by atoms with E-state index in [1.54, 1.807) is 12.1 Å². The third-order valence-corrected chi connectivity index (χ3v) is 2.66. The highest BCUT2D eigenvalue weighted by atomic mass is 16.4. The molecular weight excluding hydrogens is 234 g/mol. The SMILES string of the molecule is CC(=N\O)/C(=N\O)C(=O)Nc1cccc(C)c1C. The summed E-state index contributed by atoms with van der Waals surface area (Å²) in [6.45, 7) is 5.15. The van der Waals surface area contributed by atoms with Crippen LogP contribution >= 0.6 is 0 Å². The maximum atomic E-state index is 11.8. The predicted octanol–water partition coefficient (Wildman–Crippen LogP) is 1.92. The van der Waals surface area contributed by atoms with Crippen molar-refractivity contribution in [1.29, 1.82) is 0 Å². The molecule has 0 heterocycles. The number of benzene rings is 1. The van der Waals surface area contributed by atoms with Crippen LogP contribution in [0.5, 0.6) is 0 Å². The van der Waals surface area contributed by atoms with Crippen LogP contribution in [0.25, 0.3) is 0 Å². The molecule has 0 bridgehead atoms. The number of hydrogen-bond acceptors (Lipinski definition) is 5. The van der Waals surface area contributed by atoms with Crippen LogP contribution in [0.4, 0.5) is 5.69 Å². The van der Waals surface area contributed by atoms with Gasteiger partial charge in [-0.25, -0.2) is 0 Å². The van der Waals surface area contributed by atoms with Gasteiger partial charge in [0.1, 0.15) is 5.71 Å². The van der Waals surface area contributed by atoms with Gasteiger partial charge in [0.15, 0.2) is 5.71 Å². The third kappa shape index (κ3) is 2.85. The normalized spacial score (nSPS) is 12.4. The van der Waals surface area contributed by atoms with Crippen molar-refractivity contribution in [3.8, 4) is 0 Å². The summed E-state index contributed by atoms with van der Waals surface area (Å²) in [5.74, 6) is -0.637. The Bertz CT molecular complexity index is 521. The largest absolute Gasteiger partial charge is 0.411 e. The molecule has 6 nitrogen and oxygen atoms in total. The lowest BCUT2D eigenvalue weighted by Gasteiger charge is -2.10. The molecule has 0 aliphatic carbocycles. The number of nitrogens with zero attached hydrogens (tertiary/aromatic N) is 2. The molecule has 18 heavy (non-hydrogen) atoms. The van der Waals surface area contributed by atoms with Gasteiger partial charge < -0.3 is 15.7 Å². The van der Waals surface area contributed by atoms with E-state index in [1.165, 1.54) is 6.92 Å². The number of aryl methyl sites for hydroxylation is 1. The first-order chi connectivity index (χ1) is 8.51. The molecule has 0 radical (unpaired) electrons. The van der Waals surface area contributed by atoms with E-state index in [2.05, 4.69) is 15.6 Å². The van der Waals surface area contributed by atoms with Crippen LogP contribution in [0.2, 0.25) is 0 Å². The van der Waals surface area contributed by atoms with Gasteiger partial charge >= 0.3 is 0 Å². The molecule has 0 spiro atoms. The average Bonchev–Trinajstić information content (AvgIpc) is 2.35. The van der Waals surface area contributed by atoms with E-state index in [0.29, 0.717) is 5.69 Å². The van der Waals surface area contributed by atoms with Crippen LogP contribution in [-0.2, 0) is 4.79 Å². The summed E-state index contributed by atoms with van der Waals surface area (Å²) in [5, 5.41) is 25.5. The van der Waals surface area contributed by atoms with Gasteiger partial charge in [-0.3, -0.25) is 4.79 Å². The number of anilines is 1. The number of rotatable bonds is 3. The highest BCUT2D eigenvalue weighted by molar-refractivity contribution is 6.68. The van der Waals surface area contributed by atoms with Gasteiger partial charge in [-0.05, 0) is 38.0 Å². The summed E-state index contributed by atoms with van der Waals surface area (Å²) in [7, 11) is 0. The molecule has 0 aliphatic heterocycles. The molecule has 1 rings (SSSR count). The van der Waals surface area contributed by atoms with E-state index in [1.807, 2.05) is 19.9 Å². The van der Waals surface area contributed by atoms with E-state index in [-0.39, 0.29) is 11.4 Å². The highest BCUT2D eigenvalue weighted by Crippen LogP contribution is 2.17. The minimum Gasteiger partial charge on any atom is -0.411 e. The maximum Gasteiger partial charge on any atom is 0.279 e. The Labute approximate surface area is 105 Å². The highest BCUT2D eigenvalue weighted by Gasteiger charge is 2.17. The Morgan fingerprint density at radius 2 is 1.89 bits per heavy atom. The Hall–Kier alpha value is -2.37. The van der Waals surface area contributed by atoms with Crippen molar-refractivity contribution >= 4 is 23.0 Å². The van der Waals surface area contributed by atoms with E-state index < -0.39 is 5.91 Å². The average molecular weight is 249 g/mol. The van der Waals surface area contributed by atoms with Crippen LogP contribution < -0.4 is 5.32 Å². The van der Waals surface area contributed by atoms with Crippen LogP contribution in [0.15, 0.2) is 28.5 Å². The quantitative estimate of drug-likeness (QED) is 0.434. The van der Waals surface area contributed by atoms with Gasteiger partial charge in [0.2, 0.25) is 0 Å². The van der Waals surface area contributed by atoms with E-state index in [4.69, 9.17) is 10.4 Å². The zero-order chi connectivity index (χ0) is 13.7. The van der Waals surface area contributed by atoms with Crippen molar-refractivity contribution in [2.45, 2.75) is 20.8 Å². The Balaban J connectivity index is 2.98. The van der Waals surface area contributed by atoms with Gasteiger partial charge in [-0.15, -0.1) is 0 Å². The molecule has 0 saturated carbocycles. The lowest BCUT2D eigenvalue weighted by atomic mass is 10.1. The molecule has 96 valence electrons. The summed E-state index contributed by atoms with van der Waals surface area (Å²) >= 11 is 0. The zero-order valence-electron chi connectivity index (χ0n) is 10.4. The first-order valence-corrected chi connectivity index (χ1v) is 5.30. The Morgan fingerprint density at radius 3 is 2.44 bits per heavy atom. The summed E-state index contributed by atoms with van der Waals surface area (Å²) in [6.07, 6.45) is 0. The number of oxime groups is 2. The number of amides is 1. The molecule has 1 aromatic carbocycles. The molecule has 1 amide bonds. The van der Waals surface area contributed by atoms with E-state index in [9.17, 15) is 4.79 Å². The fourth-order valence-electron chi connectivity index (χ4n) is 1.40. The minimum absolute atomic E-state index is 0.0692. The lowest BCUT2D eigenvalue weighted by molar-refractivity contribution is -0.110. The fourth-order valence-corrected chi connectivity index (χ4v) is 1.40. The van der Waals surface area contributed by atoms with Gasteiger partial charge in [0.25, 0.3) is 5.91 Å². The molecule has 0 aromatic heterocycles. The standard InChI is InChI=1S/C12H15N3O3/c1-7-5-4-6-10(8(7)2)13-12(16)11(15-18)9(3)14-17/h4-6,17-18H,1-3H3,(H,13,16)/b14-9+,15-11+. The lowest BCUT2D eigenvalue weighted by Crippen LogP contribution is -2.29. The van der Waals surface area contributed by atoms with Crippen LogP contribution in [0.1, 0.15) is 18.1 Å². The van der Waals surface area contributed by atoms with Gasteiger partial charge in [-0.1, -0.05) is 22.4 Å². The molecule has 0 fully saturated rings. The number of carbonyl (C=O) groups is 1. The number of nitrogens with one attached hydrogen (secondary N) is 1. The van der Waals surface area contributed by atoms with Crippen molar-refractivity contribution in [2.24, 2.45) is 10.3 Å². The number of hydrogen-bond donors (Lipinski definition) is 3. The van der Waals surface area contributed by atoms with Crippen molar-refractivity contribution in [3.63, 3.8) is 0 Å². The maximum absolute atomic E-state index is 11.8. The molecule has 1 aromatic rings. The minimum atomic E-state index is -0.637. The fraction of sp³-hybridized carbons (Fsp3) is 0.250. The molecule has 0 saturated heterocycles. The monoisotopic (exact) mass is 249 g/mol. The van der Waals surface area contributed by atoms with Gasteiger partial charge in [0.05, 0.1) is 0 Å². The number of carbonyl (C=O) groups excluding carboxylic acids is 1. The summed E-state index contributed by atoms with van der Waals surface area (Å²) in [4.78, 5) is 11.8. The first kappa shape index (κ1) is 13.7. The second-order valence-electron chi connectivity index (χ2n) is 3.84. The summed E-state index contributed by atoms with van der Waals surface area (Å²) in [5.41, 5.74) is 2.16. The second kappa shape index (κ2) is 5.81. The van der Waals surface area contributed by atoms with Crippen LogP contribution in [0.3, 0.4) is 0 Å². The van der Waals surface area contributed by atoms with Crippen molar-refractivity contribution in [1.82, 2.24) is 0 Å². The van der Waals surface area contributed by atoms with E-state index >= 15 is 0 Å². The second-order valence-corrected chi connectivity index (χ2v) is 3.84. The van der Waals surface area contributed by atoms with Crippen LogP contribution in [-0.4, -0.2) is 27.7 Å². The Morgan fingerprint density at radius 1 is 1.22 bits per heavy atom. The predicted molar refractivity (Wildman–Crippen MR) is 68.7 cm³/mol. The van der Waals surface area contributed by atoms with Gasteiger partial charge in [0, 0.05) is 5.69 Å². The zero-order valence-corrected chi connectivity index (χ0v) is 10.4. The van der Waals surface area contributed by atoms with Gasteiger partial charge in [-0.2, -0.15) is 0 Å². The molecular formula is C12H15N3O3. The third-order valence-electron chi connectivity index (χ3n) is 2.66. The van der Waals surface area contributed by atoms with Crippen LogP contribution in [0, 0.1) is 13.8 Å². The van der Waals surface area contributed by atoms with Crippen molar-refractivity contribution in [2.75, 3.05) is 5.32 Å². The van der Waals surface area contributed by atoms with Crippen molar-refractivity contribution in [3.05, 3.63) is 29.3 Å². The molecule has 0 atom stereocenters. The molecule has 0 aliphatic rings. The molecule has 3 N–H and O–H groups in total. The Kier molecular flexibility index (Phi) is 4.42. The molecule has 0 unspecified atom stereocenters. The summed E-state index contributed by atoms with van der Waals surface area (Å²) in [6, 6.07) is 5.47. The first-order valence-electron chi connectivity index (χ1n) is 5.30. The van der Waals surface area contributed by atoms with Crippen molar-refractivity contribution < 1.29 is 15.2 Å². The van der Waals surface area contributed by atoms with E-state index in [0.717, 1.165) is 11.1 Å². The smallest absolute Gasteiger partial charge is 0.279 e. The summed E-state index contributed by atoms with van der Waals surface area (Å²) < 4.78 is 0. The topological polar surface area (TPSA) is 94.3 Å². The molecule has 6 heteroatoms.